The van der Waals surface area contributed by atoms with Gasteiger partial charge in [-0.3, -0.25) is 0 Å². The summed E-state index contributed by atoms with van der Waals surface area (Å²) < 4.78 is 0. The molecule has 0 fully saturated rings. The molecule has 0 aliphatic heterocycles. The highest BCUT2D eigenvalue weighted by atomic mass is 35.5. The number of amides is 2. The number of nitrogens with one attached hydrogen (secondary N) is 1. The zero-order valence-corrected chi connectivity index (χ0v) is 4.62. The van der Waals surface area contributed by atoms with Crippen molar-refractivity contribution in [3.05, 3.63) is 5.50 Å². The van der Waals surface area contributed by atoms with E-state index in [0.717, 1.165) is 0 Å². The molecular formula is C3H6ClN2O. The van der Waals surface area contributed by atoms with Crippen molar-refractivity contribution < 1.29 is 4.79 Å². The molecule has 0 atom stereocenters. The molecule has 0 aliphatic carbocycles. The summed E-state index contributed by atoms with van der Waals surface area (Å²) in [6.07, 6.45) is 0. The van der Waals surface area contributed by atoms with Gasteiger partial charge in [-0.15, -0.1) is 0 Å². The zero-order chi connectivity index (χ0) is 5.86. The van der Waals surface area contributed by atoms with Gasteiger partial charge in [0.2, 0.25) is 0 Å². The Morgan fingerprint density at radius 2 is 2.29 bits per heavy atom. The number of hydrogen-bond donors (Lipinski definition) is 2. The molecule has 0 saturated heterocycles. The monoisotopic (exact) mass is 121 g/mol. The van der Waals surface area contributed by atoms with Gasteiger partial charge in [-0.05, 0) is 6.92 Å². The lowest BCUT2D eigenvalue weighted by atomic mass is 10.7. The van der Waals surface area contributed by atoms with Crippen molar-refractivity contribution in [2.24, 2.45) is 5.73 Å². The highest BCUT2D eigenvalue weighted by Crippen LogP contribution is 1.94. The van der Waals surface area contributed by atoms with Gasteiger partial charge in [0.25, 0.3) is 0 Å². The largest absolute Gasteiger partial charge is 0.352 e. The van der Waals surface area contributed by atoms with Crippen molar-refractivity contribution in [3.63, 3.8) is 0 Å². The molecule has 0 heterocycles. The van der Waals surface area contributed by atoms with Crippen LogP contribution in [0.1, 0.15) is 6.92 Å². The SMILES string of the molecule is C[C](Cl)NC(N)=O. The molecule has 0 bridgehead atoms. The second-order valence-electron chi connectivity index (χ2n) is 1.02. The van der Waals surface area contributed by atoms with Crippen molar-refractivity contribution in [2.45, 2.75) is 6.92 Å². The minimum Gasteiger partial charge on any atom is -0.352 e. The van der Waals surface area contributed by atoms with E-state index in [2.05, 4.69) is 11.1 Å². The summed E-state index contributed by atoms with van der Waals surface area (Å²) in [4.78, 5) is 9.82. The van der Waals surface area contributed by atoms with Gasteiger partial charge in [-0.2, -0.15) is 0 Å². The van der Waals surface area contributed by atoms with Crippen LogP contribution in [0, 0.1) is 5.50 Å². The molecular weight excluding hydrogens is 115 g/mol. The molecule has 0 aromatic rings. The van der Waals surface area contributed by atoms with E-state index >= 15 is 0 Å². The molecule has 3 N–H and O–H groups in total. The Morgan fingerprint density at radius 1 is 1.86 bits per heavy atom. The summed E-state index contributed by atoms with van der Waals surface area (Å²) in [7, 11) is 0. The molecule has 0 aliphatic rings. The predicted molar refractivity (Wildman–Crippen MR) is 27.5 cm³/mol. The average Bonchev–Trinajstić information content (AvgIpc) is 1.27. The standard InChI is InChI=1S/C3H6ClN2O/c1-2(4)6-3(5)7/h1H3,(H3,5,6,7). The maximum absolute atomic E-state index is 9.82. The number of primary amides is 1. The van der Waals surface area contributed by atoms with Gasteiger partial charge in [0.15, 0.2) is 5.50 Å². The van der Waals surface area contributed by atoms with E-state index in [0.29, 0.717) is 0 Å². The maximum Gasteiger partial charge on any atom is 0.313 e. The molecule has 0 unspecified atom stereocenters. The Hall–Kier alpha value is -0.440. The average molecular weight is 122 g/mol. The van der Waals surface area contributed by atoms with Gasteiger partial charge >= 0.3 is 6.03 Å². The number of hydrogen-bond acceptors (Lipinski definition) is 1. The summed E-state index contributed by atoms with van der Waals surface area (Å²) in [6, 6.07) is -0.632. The third-order valence-corrected chi connectivity index (χ3v) is 0.390. The number of carbonyl (C=O) groups excluding carboxylic acids is 1. The smallest absolute Gasteiger partial charge is 0.313 e. The normalized spacial score (nSPS) is 9.00. The van der Waals surface area contributed by atoms with Gasteiger partial charge in [0, 0.05) is 0 Å². The fourth-order valence-electron chi connectivity index (χ4n) is 0.170. The van der Waals surface area contributed by atoms with Crippen LogP contribution in [0.15, 0.2) is 0 Å². The van der Waals surface area contributed by atoms with Crippen molar-refractivity contribution in [3.8, 4) is 0 Å². The Bertz CT molecular complexity index is 73.3. The third-order valence-electron chi connectivity index (χ3n) is 0.295. The number of urea groups is 1. The molecule has 2 amide bonds. The second kappa shape index (κ2) is 2.69. The molecule has 0 rings (SSSR count). The van der Waals surface area contributed by atoms with E-state index < -0.39 is 6.03 Å². The van der Waals surface area contributed by atoms with Crippen molar-refractivity contribution in [1.82, 2.24) is 5.32 Å². The molecule has 0 saturated carbocycles. The van der Waals surface area contributed by atoms with Gasteiger partial charge in [-0.1, -0.05) is 11.6 Å². The highest BCUT2D eigenvalue weighted by molar-refractivity contribution is 6.27. The summed E-state index contributed by atoms with van der Waals surface area (Å²) in [5.74, 6) is 0. The highest BCUT2D eigenvalue weighted by Gasteiger charge is 1.95. The van der Waals surface area contributed by atoms with Crippen LogP contribution in [0.25, 0.3) is 0 Å². The Kier molecular flexibility index (Phi) is 2.52. The second-order valence-corrected chi connectivity index (χ2v) is 1.59. The van der Waals surface area contributed by atoms with E-state index in [4.69, 9.17) is 11.6 Å². The van der Waals surface area contributed by atoms with Crippen LogP contribution >= 0.6 is 11.6 Å². The molecule has 0 spiro atoms. The van der Waals surface area contributed by atoms with Gasteiger partial charge in [0.05, 0.1) is 0 Å². The molecule has 3 nitrogen and oxygen atoms in total. The quantitative estimate of drug-likeness (QED) is 0.485. The minimum atomic E-state index is -0.632. The van der Waals surface area contributed by atoms with Gasteiger partial charge in [0.1, 0.15) is 0 Å². The maximum atomic E-state index is 9.82. The minimum absolute atomic E-state index is 0.285. The zero-order valence-electron chi connectivity index (χ0n) is 3.86. The third kappa shape index (κ3) is 5.56. The Morgan fingerprint density at radius 3 is 2.29 bits per heavy atom. The van der Waals surface area contributed by atoms with E-state index in [1.807, 2.05) is 0 Å². The van der Waals surface area contributed by atoms with Crippen LogP contribution in [0.2, 0.25) is 0 Å². The number of carbonyl (C=O) groups is 1. The molecule has 1 radical (unpaired) electrons. The van der Waals surface area contributed by atoms with Crippen LogP contribution in [0.3, 0.4) is 0 Å². The number of rotatable bonds is 1. The van der Waals surface area contributed by atoms with Crippen LogP contribution in [-0.4, -0.2) is 6.03 Å². The molecule has 41 valence electrons. The van der Waals surface area contributed by atoms with Crippen LogP contribution in [0.5, 0.6) is 0 Å². The topological polar surface area (TPSA) is 55.1 Å². The first-order valence-electron chi connectivity index (χ1n) is 1.68. The predicted octanol–water partition coefficient (Wildman–Crippen LogP) is 0.403. The van der Waals surface area contributed by atoms with E-state index in [1.165, 1.54) is 6.92 Å². The Labute approximate surface area is 46.8 Å². The molecule has 0 aromatic heterocycles. The van der Waals surface area contributed by atoms with Gasteiger partial charge < -0.3 is 11.1 Å². The molecule has 7 heavy (non-hydrogen) atoms. The molecule has 4 heteroatoms. The van der Waals surface area contributed by atoms with Crippen molar-refractivity contribution in [1.29, 1.82) is 0 Å². The van der Waals surface area contributed by atoms with Crippen molar-refractivity contribution >= 4 is 17.6 Å². The first kappa shape index (κ1) is 6.56. The molecule has 0 aromatic carbocycles. The van der Waals surface area contributed by atoms with Crippen LogP contribution in [-0.2, 0) is 0 Å². The number of nitrogens with two attached hydrogens (primary N) is 1. The van der Waals surface area contributed by atoms with E-state index in [-0.39, 0.29) is 5.50 Å². The first-order valence-corrected chi connectivity index (χ1v) is 2.06. The Balaban J connectivity index is 3.13. The summed E-state index contributed by atoms with van der Waals surface area (Å²) in [5.41, 5.74) is 4.92. The summed E-state index contributed by atoms with van der Waals surface area (Å²) in [5, 5.41) is 2.13. The van der Waals surface area contributed by atoms with E-state index in [1.54, 1.807) is 0 Å². The fraction of sp³-hybridized carbons (Fsp3) is 0.333. The first-order chi connectivity index (χ1) is 3.13. The lowest BCUT2D eigenvalue weighted by Gasteiger charge is -1.97. The number of halogens is 1. The van der Waals surface area contributed by atoms with E-state index in [9.17, 15) is 4.79 Å². The summed E-state index contributed by atoms with van der Waals surface area (Å²) >= 11 is 5.18. The summed E-state index contributed by atoms with van der Waals surface area (Å²) in [6.45, 7) is 1.53. The fourth-order valence-corrected chi connectivity index (χ4v) is 0.263. The van der Waals surface area contributed by atoms with Crippen molar-refractivity contribution in [2.75, 3.05) is 0 Å². The lowest BCUT2D eigenvalue weighted by molar-refractivity contribution is 0.250. The van der Waals surface area contributed by atoms with Gasteiger partial charge in [-0.25, -0.2) is 4.79 Å². The van der Waals surface area contributed by atoms with Crippen LogP contribution in [0.4, 0.5) is 4.79 Å². The lowest BCUT2D eigenvalue weighted by Crippen LogP contribution is -2.29. The van der Waals surface area contributed by atoms with Crippen LogP contribution < -0.4 is 11.1 Å².